The zero-order valence-corrected chi connectivity index (χ0v) is 9.87. The number of nitrogens with one attached hydrogen (secondary N) is 1. The molecule has 86 valence electrons. The highest BCUT2D eigenvalue weighted by molar-refractivity contribution is 7.11. The fourth-order valence-electron chi connectivity index (χ4n) is 1.44. The van der Waals surface area contributed by atoms with Crippen LogP contribution < -0.4 is 11.2 Å². The van der Waals surface area contributed by atoms with Crippen molar-refractivity contribution in [1.82, 2.24) is 9.55 Å². The highest BCUT2D eigenvalue weighted by atomic mass is 32.1. The number of aryl methyl sites for hydroxylation is 1. The van der Waals surface area contributed by atoms with Crippen molar-refractivity contribution in [2.24, 2.45) is 0 Å². The number of H-pyrrole nitrogens is 1. The van der Waals surface area contributed by atoms with Gasteiger partial charge in [-0.2, -0.15) is 5.26 Å². The Morgan fingerprint density at radius 2 is 2.24 bits per heavy atom. The zero-order chi connectivity index (χ0) is 12.4. The van der Waals surface area contributed by atoms with Crippen LogP contribution in [0.5, 0.6) is 0 Å². The molecule has 0 amide bonds. The first kappa shape index (κ1) is 11.4. The first-order valence-corrected chi connectivity index (χ1v) is 5.71. The van der Waals surface area contributed by atoms with E-state index in [1.165, 1.54) is 10.8 Å². The molecule has 1 N–H and O–H groups in total. The molecule has 0 saturated heterocycles. The average molecular weight is 247 g/mol. The Balaban J connectivity index is 2.43. The second-order valence-electron chi connectivity index (χ2n) is 3.55. The van der Waals surface area contributed by atoms with E-state index in [4.69, 9.17) is 5.26 Å². The van der Waals surface area contributed by atoms with Gasteiger partial charge in [-0.05, 0) is 19.1 Å². The number of hydrogen-bond donors (Lipinski definition) is 1. The average Bonchev–Trinajstić information content (AvgIpc) is 2.68. The van der Waals surface area contributed by atoms with Crippen LogP contribution in [0.15, 0.2) is 27.9 Å². The predicted molar refractivity (Wildman–Crippen MR) is 64.2 cm³/mol. The third-order valence-electron chi connectivity index (χ3n) is 2.25. The Bertz CT molecular complexity index is 702. The lowest BCUT2D eigenvalue weighted by Crippen LogP contribution is -2.31. The van der Waals surface area contributed by atoms with Gasteiger partial charge in [0.15, 0.2) is 0 Å². The van der Waals surface area contributed by atoms with Gasteiger partial charge in [0.25, 0.3) is 5.56 Å². The summed E-state index contributed by atoms with van der Waals surface area (Å²) in [5, 5.41) is 8.72. The molecule has 0 unspecified atom stereocenters. The van der Waals surface area contributed by atoms with Crippen LogP contribution in [0.4, 0.5) is 0 Å². The molecule has 2 heterocycles. The van der Waals surface area contributed by atoms with E-state index in [9.17, 15) is 9.59 Å². The van der Waals surface area contributed by atoms with Crippen LogP contribution in [0.1, 0.15) is 15.3 Å². The lowest BCUT2D eigenvalue weighted by atomic mass is 10.3. The second-order valence-corrected chi connectivity index (χ2v) is 4.93. The first-order chi connectivity index (χ1) is 8.10. The molecule has 0 spiro atoms. The smallest absolute Gasteiger partial charge is 0.294 e. The lowest BCUT2D eigenvalue weighted by molar-refractivity contribution is 0.726. The maximum Gasteiger partial charge on any atom is 0.328 e. The quantitative estimate of drug-likeness (QED) is 0.853. The molecule has 0 atom stereocenters. The van der Waals surface area contributed by atoms with E-state index in [-0.39, 0.29) is 5.56 Å². The Morgan fingerprint density at radius 3 is 2.82 bits per heavy atom. The number of hydrogen-bond acceptors (Lipinski definition) is 4. The molecule has 0 aliphatic heterocycles. The van der Waals surface area contributed by atoms with Gasteiger partial charge in [-0.3, -0.25) is 14.3 Å². The second kappa shape index (κ2) is 4.39. The van der Waals surface area contributed by atoms with Crippen molar-refractivity contribution in [3.8, 4) is 6.07 Å². The highest BCUT2D eigenvalue weighted by Gasteiger charge is 2.05. The number of aromatic amines is 1. The van der Waals surface area contributed by atoms with Gasteiger partial charge in [-0.15, -0.1) is 11.3 Å². The van der Waals surface area contributed by atoms with Gasteiger partial charge < -0.3 is 0 Å². The van der Waals surface area contributed by atoms with E-state index < -0.39 is 11.2 Å². The van der Waals surface area contributed by atoms with Crippen LogP contribution in [0.25, 0.3) is 0 Å². The van der Waals surface area contributed by atoms with E-state index in [1.807, 2.05) is 19.1 Å². The molecule has 0 aliphatic rings. The molecular weight excluding hydrogens is 238 g/mol. The standard InChI is InChI=1S/C11H9N3O2S/c1-7-2-3-9(17-7)6-14-5-8(4-12)10(15)13-11(14)16/h2-3,5H,6H2,1H3,(H,13,15,16). The van der Waals surface area contributed by atoms with Crippen LogP contribution in [-0.4, -0.2) is 9.55 Å². The molecular formula is C11H9N3O2S. The number of nitriles is 1. The maximum absolute atomic E-state index is 11.5. The van der Waals surface area contributed by atoms with Gasteiger partial charge in [0.1, 0.15) is 11.6 Å². The monoisotopic (exact) mass is 247 g/mol. The SMILES string of the molecule is Cc1ccc(Cn2cc(C#N)c(=O)[nH]c2=O)s1. The summed E-state index contributed by atoms with van der Waals surface area (Å²) in [4.78, 5) is 27.0. The zero-order valence-electron chi connectivity index (χ0n) is 9.06. The van der Waals surface area contributed by atoms with Gasteiger partial charge in [-0.1, -0.05) is 0 Å². The van der Waals surface area contributed by atoms with Gasteiger partial charge in [0.2, 0.25) is 0 Å². The van der Waals surface area contributed by atoms with E-state index in [2.05, 4.69) is 4.98 Å². The van der Waals surface area contributed by atoms with E-state index in [1.54, 1.807) is 17.4 Å². The van der Waals surface area contributed by atoms with Crippen LogP contribution in [0.2, 0.25) is 0 Å². The summed E-state index contributed by atoms with van der Waals surface area (Å²) < 4.78 is 1.32. The Labute approximate surface area is 101 Å². The molecule has 0 radical (unpaired) electrons. The topological polar surface area (TPSA) is 78.7 Å². The lowest BCUT2D eigenvalue weighted by Gasteiger charge is -2.02. The predicted octanol–water partition coefficient (Wildman–Crippen LogP) is 0.827. The van der Waals surface area contributed by atoms with E-state index in [0.29, 0.717) is 6.54 Å². The highest BCUT2D eigenvalue weighted by Crippen LogP contribution is 2.15. The number of nitrogens with zero attached hydrogens (tertiary/aromatic N) is 2. The Hall–Kier alpha value is -2.13. The Morgan fingerprint density at radius 1 is 1.47 bits per heavy atom. The Kier molecular flexibility index (Phi) is 2.93. The first-order valence-electron chi connectivity index (χ1n) is 4.89. The maximum atomic E-state index is 11.5. The van der Waals surface area contributed by atoms with Crippen LogP contribution >= 0.6 is 11.3 Å². The number of aromatic nitrogens is 2. The molecule has 2 aromatic heterocycles. The molecule has 6 heteroatoms. The van der Waals surface area contributed by atoms with Gasteiger partial charge in [0, 0.05) is 16.0 Å². The fraction of sp³-hybridized carbons (Fsp3) is 0.182. The van der Waals surface area contributed by atoms with Gasteiger partial charge in [0.05, 0.1) is 6.54 Å². The summed E-state index contributed by atoms with van der Waals surface area (Å²) in [6, 6.07) is 5.63. The third-order valence-corrected chi connectivity index (χ3v) is 3.24. The minimum absolute atomic E-state index is 0.0575. The summed E-state index contributed by atoms with van der Waals surface area (Å²) >= 11 is 1.57. The van der Waals surface area contributed by atoms with Crippen molar-refractivity contribution < 1.29 is 0 Å². The molecule has 0 bridgehead atoms. The largest absolute Gasteiger partial charge is 0.328 e. The van der Waals surface area contributed by atoms with Crippen molar-refractivity contribution in [2.75, 3.05) is 0 Å². The van der Waals surface area contributed by atoms with Gasteiger partial charge in [-0.25, -0.2) is 4.79 Å². The molecule has 2 aromatic rings. The summed E-state index contributed by atoms with van der Waals surface area (Å²) in [6.07, 6.45) is 1.29. The number of rotatable bonds is 2. The molecule has 2 rings (SSSR count). The van der Waals surface area contributed by atoms with Gasteiger partial charge >= 0.3 is 5.69 Å². The summed E-state index contributed by atoms with van der Waals surface area (Å²) in [5.74, 6) is 0. The molecule has 0 saturated carbocycles. The van der Waals surface area contributed by atoms with Crippen molar-refractivity contribution >= 4 is 11.3 Å². The van der Waals surface area contributed by atoms with Crippen molar-refractivity contribution in [1.29, 1.82) is 5.26 Å². The number of thiophene rings is 1. The molecule has 0 aromatic carbocycles. The normalized spacial score (nSPS) is 10.1. The van der Waals surface area contributed by atoms with Crippen LogP contribution in [0, 0.1) is 18.3 Å². The summed E-state index contributed by atoms with van der Waals surface area (Å²) in [5.41, 5.74) is -1.20. The molecule has 17 heavy (non-hydrogen) atoms. The van der Waals surface area contributed by atoms with Crippen molar-refractivity contribution in [2.45, 2.75) is 13.5 Å². The van der Waals surface area contributed by atoms with E-state index >= 15 is 0 Å². The molecule has 0 aliphatic carbocycles. The molecule has 5 nitrogen and oxygen atoms in total. The summed E-state index contributed by atoms with van der Waals surface area (Å²) in [6.45, 7) is 2.34. The van der Waals surface area contributed by atoms with Crippen molar-refractivity contribution in [3.05, 3.63) is 54.5 Å². The molecule has 0 fully saturated rings. The fourth-order valence-corrected chi connectivity index (χ4v) is 2.33. The van der Waals surface area contributed by atoms with Crippen LogP contribution in [0.3, 0.4) is 0 Å². The minimum atomic E-state index is -0.642. The third kappa shape index (κ3) is 2.34. The van der Waals surface area contributed by atoms with Crippen LogP contribution in [-0.2, 0) is 6.54 Å². The van der Waals surface area contributed by atoms with Crippen molar-refractivity contribution in [3.63, 3.8) is 0 Å². The van der Waals surface area contributed by atoms with E-state index in [0.717, 1.165) is 9.75 Å². The minimum Gasteiger partial charge on any atom is -0.294 e. The summed E-state index contributed by atoms with van der Waals surface area (Å²) in [7, 11) is 0.